The van der Waals surface area contributed by atoms with Gasteiger partial charge < -0.3 is 0 Å². The van der Waals surface area contributed by atoms with Crippen molar-refractivity contribution in [3.63, 3.8) is 0 Å². The molecule has 0 saturated carbocycles. The van der Waals surface area contributed by atoms with E-state index in [-0.39, 0.29) is 0 Å². The van der Waals surface area contributed by atoms with Gasteiger partial charge in [-0.2, -0.15) is 0 Å². The summed E-state index contributed by atoms with van der Waals surface area (Å²) in [4.78, 5) is 0. The van der Waals surface area contributed by atoms with E-state index in [0.29, 0.717) is 5.25 Å². The molecule has 0 aliphatic carbocycles. The summed E-state index contributed by atoms with van der Waals surface area (Å²) in [5.74, 6) is 0. The van der Waals surface area contributed by atoms with Gasteiger partial charge in [-0.1, -0.05) is 24.6 Å². The lowest BCUT2D eigenvalue weighted by Gasteiger charge is -1.93. The van der Waals surface area contributed by atoms with Gasteiger partial charge in [0, 0.05) is 5.25 Å². The molecule has 0 bridgehead atoms. The average Bonchev–Trinajstić information content (AvgIpc) is 1.87. The van der Waals surface area contributed by atoms with Crippen LogP contribution in [0.4, 0.5) is 0 Å². The molecule has 2 heteroatoms. The summed E-state index contributed by atoms with van der Waals surface area (Å²) in [6.45, 7) is 2.18. The van der Waals surface area contributed by atoms with E-state index in [2.05, 4.69) is 13.0 Å². The van der Waals surface area contributed by atoms with Gasteiger partial charge in [0.1, 0.15) is 0 Å². The molecule has 1 heterocycles. The first-order chi connectivity index (χ1) is 3.29. The van der Waals surface area contributed by atoms with Gasteiger partial charge in [0.15, 0.2) is 0 Å². The number of allylic oxidation sites excluding steroid dienone is 1. The van der Waals surface area contributed by atoms with Crippen molar-refractivity contribution in [2.24, 2.45) is 0 Å². The van der Waals surface area contributed by atoms with Crippen LogP contribution in [0.15, 0.2) is 10.4 Å². The zero-order chi connectivity index (χ0) is 5.28. The Morgan fingerprint density at radius 1 is 2.00 bits per heavy atom. The SMILES string of the molecule is CC1CC=C(Cl)S1. The monoisotopic (exact) mass is 134 g/mol. The molecule has 0 aromatic rings. The van der Waals surface area contributed by atoms with Crippen molar-refractivity contribution in [3.05, 3.63) is 10.4 Å². The number of rotatable bonds is 0. The largest absolute Gasteiger partial charge is 0.111 e. The van der Waals surface area contributed by atoms with Crippen molar-refractivity contribution in [1.82, 2.24) is 0 Å². The second-order valence-corrected chi connectivity index (χ2v) is 3.78. The first-order valence-electron chi connectivity index (χ1n) is 2.31. The molecule has 1 unspecified atom stereocenters. The van der Waals surface area contributed by atoms with Crippen LogP contribution in [0.3, 0.4) is 0 Å². The lowest BCUT2D eigenvalue weighted by atomic mass is 10.3. The van der Waals surface area contributed by atoms with Crippen LogP contribution in [-0.2, 0) is 0 Å². The molecule has 0 N–H and O–H groups in total. The summed E-state index contributed by atoms with van der Waals surface area (Å²) in [5.41, 5.74) is 0. The number of hydrogen-bond donors (Lipinski definition) is 0. The molecular formula is C5H7ClS. The third-order valence-corrected chi connectivity index (χ3v) is 2.33. The van der Waals surface area contributed by atoms with E-state index in [0.717, 1.165) is 10.8 Å². The summed E-state index contributed by atoms with van der Waals surface area (Å²) >= 11 is 7.38. The van der Waals surface area contributed by atoms with Crippen molar-refractivity contribution in [1.29, 1.82) is 0 Å². The molecule has 0 aromatic heterocycles. The molecule has 0 aromatic carbocycles. The Bertz CT molecular complexity index is 98.3. The first-order valence-corrected chi connectivity index (χ1v) is 3.57. The second kappa shape index (κ2) is 2.10. The molecule has 0 spiro atoms. The molecule has 7 heavy (non-hydrogen) atoms. The van der Waals surface area contributed by atoms with Crippen LogP contribution in [0.2, 0.25) is 0 Å². The summed E-state index contributed by atoms with van der Waals surface area (Å²) in [6.07, 6.45) is 3.21. The molecule has 40 valence electrons. The van der Waals surface area contributed by atoms with E-state index in [4.69, 9.17) is 11.6 Å². The van der Waals surface area contributed by atoms with Crippen LogP contribution < -0.4 is 0 Å². The Balaban J connectivity index is 2.42. The Labute approximate surface area is 52.9 Å². The molecule has 1 aliphatic rings. The van der Waals surface area contributed by atoms with Crippen molar-refractivity contribution in [2.75, 3.05) is 0 Å². The first kappa shape index (κ1) is 5.52. The molecule has 0 amide bonds. The van der Waals surface area contributed by atoms with Crippen molar-refractivity contribution in [3.8, 4) is 0 Å². The third-order valence-electron chi connectivity index (χ3n) is 0.924. The van der Waals surface area contributed by atoms with Crippen LogP contribution in [0.1, 0.15) is 13.3 Å². The van der Waals surface area contributed by atoms with Crippen LogP contribution >= 0.6 is 23.4 Å². The average molecular weight is 135 g/mol. The minimum Gasteiger partial charge on any atom is -0.111 e. The topological polar surface area (TPSA) is 0 Å². The zero-order valence-electron chi connectivity index (χ0n) is 4.15. The molecule has 0 saturated heterocycles. The fourth-order valence-corrected chi connectivity index (χ4v) is 1.86. The fourth-order valence-electron chi connectivity index (χ4n) is 0.547. The number of halogens is 1. The van der Waals surface area contributed by atoms with Crippen LogP contribution in [-0.4, -0.2) is 5.25 Å². The summed E-state index contributed by atoms with van der Waals surface area (Å²) in [5, 5.41) is 0.715. The molecule has 1 aliphatic heterocycles. The maximum atomic E-state index is 5.63. The maximum absolute atomic E-state index is 5.63. The normalized spacial score (nSPS) is 30.6. The minimum absolute atomic E-state index is 0.715. The zero-order valence-corrected chi connectivity index (χ0v) is 5.72. The lowest BCUT2D eigenvalue weighted by molar-refractivity contribution is 1.00. The van der Waals surface area contributed by atoms with Gasteiger partial charge in [0.05, 0.1) is 4.36 Å². The summed E-state index contributed by atoms with van der Waals surface area (Å²) in [6, 6.07) is 0. The Morgan fingerprint density at radius 3 is 2.86 bits per heavy atom. The molecule has 1 atom stereocenters. The standard InChI is InChI=1S/C5H7ClS/c1-4-2-3-5(6)7-4/h3-4H,2H2,1H3. The van der Waals surface area contributed by atoms with Crippen LogP contribution in [0.5, 0.6) is 0 Å². The van der Waals surface area contributed by atoms with E-state index in [1.807, 2.05) is 0 Å². The molecule has 0 radical (unpaired) electrons. The van der Waals surface area contributed by atoms with Gasteiger partial charge in [-0.3, -0.25) is 0 Å². The molecule has 0 nitrogen and oxygen atoms in total. The van der Waals surface area contributed by atoms with Gasteiger partial charge in [-0.25, -0.2) is 0 Å². The van der Waals surface area contributed by atoms with E-state index in [1.54, 1.807) is 11.8 Å². The highest BCUT2D eigenvalue weighted by molar-refractivity contribution is 8.05. The van der Waals surface area contributed by atoms with Gasteiger partial charge in [-0.05, 0) is 6.42 Å². The van der Waals surface area contributed by atoms with E-state index in [9.17, 15) is 0 Å². The predicted molar refractivity (Wildman–Crippen MR) is 35.6 cm³/mol. The van der Waals surface area contributed by atoms with Gasteiger partial charge >= 0.3 is 0 Å². The Kier molecular flexibility index (Phi) is 1.65. The number of thioether (sulfide) groups is 1. The smallest absolute Gasteiger partial charge is 0.0697 e. The van der Waals surface area contributed by atoms with Gasteiger partial charge in [-0.15, -0.1) is 11.8 Å². The highest BCUT2D eigenvalue weighted by Crippen LogP contribution is 2.33. The highest BCUT2D eigenvalue weighted by atomic mass is 35.5. The Hall–Kier alpha value is 0.380. The second-order valence-electron chi connectivity index (χ2n) is 1.67. The van der Waals surface area contributed by atoms with E-state index >= 15 is 0 Å². The predicted octanol–water partition coefficient (Wildman–Crippen LogP) is 2.59. The fraction of sp³-hybridized carbons (Fsp3) is 0.600. The van der Waals surface area contributed by atoms with E-state index in [1.165, 1.54) is 0 Å². The van der Waals surface area contributed by atoms with E-state index < -0.39 is 0 Å². The highest BCUT2D eigenvalue weighted by Gasteiger charge is 2.09. The quantitative estimate of drug-likeness (QED) is 0.491. The third kappa shape index (κ3) is 1.39. The lowest BCUT2D eigenvalue weighted by Crippen LogP contribution is -1.83. The Morgan fingerprint density at radius 2 is 2.71 bits per heavy atom. The summed E-state index contributed by atoms with van der Waals surface area (Å²) in [7, 11) is 0. The van der Waals surface area contributed by atoms with Crippen LogP contribution in [0, 0.1) is 0 Å². The maximum Gasteiger partial charge on any atom is 0.0697 e. The molecule has 0 fully saturated rings. The minimum atomic E-state index is 0.715. The van der Waals surface area contributed by atoms with Gasteiger partial charge in [0.25, 0.3) is 0 Å². The van der Waals surface area contributed by atoms with Crippen molar-refractivity contribution in [2.45, 2.75) is 18.6 Å². The van der Waals surface area contributed by atoms with Crippen molar-refractivity contribution < 1.29 is 0 Å². The van der Waals surface area contributed by atoms with Crippen LogP contribution in [0.25, 0.3) is 0 Å². The summed E-state index contributed by atoms with van der Waals surface area (Å²) < 4.78 is 0.965. The van der Waals surface area contributed by atoms with Gasteiger partial charge in [0.2, 0.25) is 0 Å². The molecular weight excluding hydrogens is 128 g/mol. The molecule has 1 rings (SSSR count). The van der Waals surface area contributed by atoms with Crippen molar-refractivity contribution >= 4 is 23.4 Å². The number of hydrogen-bond acceptors (Lipinski definition) is 1.